The van der Waals surface area contributed by atoms with Gasteiger partial charge in [0.25, 0.3) is 0 Å². The third-order valence-corrected chi connectivity index (χ3v) is 2.37. The first kappa shape index (κ1) is 7.65. The molecule has 0 saturated carbocycles. The Morgan fingerprint density at radius 2 is 2.38 bits per heavy atom. The highest BCUT2D eigenvalue weighted by Crippen LogP contribution is 1.85. The lowest BCUT2D eigenvalue weighted by molar-refractivity contribution is 0.676. The van der Waals surface area contributed by atoms with Gasteiger partial charge < -0.3 is 0 Å². The summed E-state index contributed by atoms with van der Waals surface area (Å²) in [6, 6.07) is 0. The molecule has 48 valence electrons. The molecule has 0 heterocycles. The van der Waals surface area contributed by atoms with Gasteiger partial charge in [0.05, 0.1) is 0 Å². The Bertz CT molecular complexity index is 178. The van der Waals surface area contributed by atoms with E-state index in [1.54, 1.807) is 7.05 Å². The second-order valence-corrected chi connectivity index (χ2v) is 3.37. The van der Waals surface area contributed by atoms with E-state index in [0.717, 1.165) is 0 Å². The number of nitrogens with zero attached hydrogens (tertiary/aromatic N) is 1. The van der Waals surface area contributed by atoms with Gasteiger partial charge in [-0.2, -0.15) is 0 Å². The average molecular weight is 134 g/mol. The number of hydrogen-bond donors (Lipinski definition) is 1. The molecule has 0 aromatic rings. The van der Waals surface area contributed by atoms with Gasteiger partial charge in [-0.15, -0.1) is 0 Å². The predicted molar refractivity (Wildman–Crippen MR) is 35.8 cm³/mol. The summed E-state index contributed by atoms with van der Waals surface area (Å²) >= 11 is 0. The first-order valence-corrected chi connectivity index (χ1v) is 3.72. The van der Waals surface area contributed by atoms with Crippen molar-refractivity contribution >= 4 is 9.92 Å². The third kappa shape index (κ3) is 1.63. The van der Waals surface area contributed by atoms with Gasteiger partial charge >= 0.3 is 0 Å². The van der Waals surface area contributed by atoms with Crippen molar-refractivity contribution in [1.29, 1.82) is 0 Å². The van der Waals surface area contributed by atoms with Crippen molar-refractivity contribution in [2.75, 3.05) is 14.1 Å². The molecule has 0 radical (unpaired) electrons. The Morgan fingerprint density at radius 3 is 2.38 bits per heavy atom. The first-order chi connectivity index (χ1) is 3.68. The van der Waals surface area contributed by atoms with Gasteiger partial charge in [0.15, 0.2) is 0 Å². The number of rotatable bonds is 2. The minimum absolute atomic E-state index is 1.30. The molecule has 4 heteroatoms. The molecule has 1 N–H and O–H groups in total. The van der Waals surface area contributed by atoms with E-state index in [1.807, 2.05) is 0 Å². The standard InChI is InChI=1S/C4H10N2OS/c1-4-8(7,5-2)6-3/h4H,1H2,2-3H3,(H,5,6,7). The van der Waals surface area contributed by atoms with E-state index < -0.39 is 9.92 Å². The molecular weight excluding hydrogens is 124 g/mol. The summed E-state index contributed by atoms with van der Waals surface area (Å²) in [4.78, 5) is 0. The maximum Gasteiger partial charge on any atom is 0.129 e. The molecular formula is C4H10N2OS. The number of nitrogens with one attached hydrogen (secondary N) is 1. The molecule has 0 amide bonds. The normalized spacial score (nSPS) is 16.8. The molecule has 0 aliphatic heterocycles. The van der Waals surface area contributed by atoms with E-state index in [-0.39, 0.29) is 0 Å². The van der Waals surface area contributed by atoms with Crippen LogP contribution in [0.25, 0.3) is 0 Å². The lowest BCUT2D eigenvalue weighted by atomic mass is 11.3. The van der Waals surface area contributed by atoms with Crippen LogP contribution >= 0.6 is 0 Å². The maximum absolute atomic E-state index is 10.9. The van der Waals surface area contributed by atoms with Crippen molar-refractivity contribution in [2.45, 2.75) is 0 Å². The summed E-state index contributed by atoms with van der Waals surface area (Å²) in [6.45, 7) is 3.34. The first-order valence-electron chi connectivity index (χ1n) is 2.14. The van der Waals surface area contributed by atoms with Crippen molar-refractivity contribution in [3.8, 4) is 0 Å². The molecule has 0 saturated heterocycles. The molecule has 0 rings (SSSR count). The summed E-state index contributed by atoms with van der Waals surface area (Å²) in [7, 11) is 0.803. The maximum atomic E-state index is 10.9. The SMILES string of the molecule is C=CS(=O)(=NC)NC. The Kier molecular flexibility index (Phi) is 2.71. The highest BCUT2D eigenvalue weighted by Gasteiger charge is 1.91. The Hall–Kier alpha value is -0.350. The van der Waals surface area contributed by atoms with Crippen LogP contribution in [0.5, 0.6) is 0 Å². The van der Waals surface area contributed by atoms with Gasteiger partial charge in [-0.1, -0.05) is 6.58 Å². The van der Waals surface area contributed by atoms with Crippen LogP contribution in [0.4, 0.5) is 0 Å². The van der Waals surface area contributed by atoms with E-state index in [2.05, 4.69) is 15.7 Å². The highest BCUT2D eigenvalue weighted by atomic mass is 32.2. The van der Waals surface area contributed by atoms with Crippen molar-refractivity contribution in [1.82, 2.24) is 4.72 Å². The van der Waals surface area contributed by atoms with Crippen LogP contribution in [0.3, 0.4) is 0 Å². The zero-order valence-corrected chi connectivity index (χ0v) is 5.86. The predicted octanol–water partition coefficient (Wildman–Crippen LogP) is 0.362. The Balaban J connectivity index is 4.51. The van der Waals surface area contributed by atoms with Crippen LogP contribution in [-0.4, -0.2) is 18.3 Å². The second-order valence-electron chi connectivity index (χ2n) is 1.12. The highest BCUT2D eigenvalue weighted by molar-refractivity contribution is 7.94. The van der Waals surface area contributed by atoms with Gasteiger partial charge in [0.1, 0.15) is 9.92 Å². The monoisotopic (exact) mass is 134 g/mol. The van der Waals surface area contributed by atoms with Crippen molar-refractivity contribution in [2.24, 2.45) is 4.36 Å². The lowest BCUT2D eigenvalue weighted by Gasteiger charge is -1.96. The quantitative estimate of drug-likeness (QED) is 0.582. The van der Waals surface area contributed by atoms with Gasteiger partial charge in [-0.05, 0) is 7.05 Å². The van der Waals surface area contributed by atoms with Crippen molar-refractivity contribution < 1.29 is 4.21 Å². The minimum atomic E-state index is -2.26. The van der Waals surface area contributed by atoms with Crippen LogP contribution in [-0.2, 0) is 9.92 Å². The van der Waals surface area contributed by atoms with E-state index in [4.69, 9.17) is 0 Å². The molecule has 1 atom stereocenters. The average Bonchev–Trinajstić information content (AvgIpc) is 1.87. The molecule has 0 fully saturated rings. The summed E-state index contributed by atoms with van der Waals surface area (Å²) in [5.41, 5.74) is 0. The van der Waals surface area contributed by atoms with Crippen LogP contribution in [0.1, 0.15) is 0 Å². The summed E-state index contributed by atoms with van der Waals surface area (Å²) in [6.07, 6.45) is 0. The molecule has 8 heavy (non-hydrogen) atoms. The largest absolute Gasteiger partial charge is 0.231 e. The van der Waals surface area contributed by atoms with Gasteiger partial charge in [0.2, 0.25) is 0 Å². The van der Waals surface area contributed by atoms with Gasteiger partial charge in [-0.25, -0.2) is 13.3 Å². The molecule has 0 aromatic carbocycles. The van der Waals surface area contributed by atoms with E-state index >= 15 is 0 Å². The summed E-state index contributed by atoms with van der Waals surface area (Å²) < 4.78 is 17.0. The molecule has 1 unspecified atom stereocenters. The van der Waals surface area contributed by atoms with Crippen molar-refractivity contribution in [3.63, 3.8) is 0 Å². The molecule has 0 bridgehead atoms. The summed E-state index contributed by atoms with van der Waals surface area (Å²) in [5, 5.41) is 1.30. The Labute approximate surface area is 50.1 Å². The third-order valence-electron chi connectivity index (χ3n) is 0.790. The van der Waals surface area contributed by atoms with Crippen LogP contribution in [0, 0.1) is 0 Å². The van der Waals surface area contributed by atoms with Crippen LogP contribution < -0.4 is 4.72 Å². The van der Waals surface area contributed by atoms with Gasteiger partial charge in [0, 0.05) is 12.5 Å². The van der Waals surface area contributed by atoms with Crippen LogP contribution in [0.2, 0.25) is 0 Å². The fourth-order valence-corrected chi connectivity index (χ4v) is 0.747. The Morgan fingerprint density at radius 1 is 1.88 bits per heavy atom. The fraction of sp³-hybridized carbons (Fsp3) is 0.500. The van der Waals surface area contributed by atoms with Crippen molar-refractivity contribution in [3.05, 3.63) is 12.0 Å². The zero-order valence-electron chi connectivity index (χ0n) is 5.05. The fourth-order valence-electron chi connectivity index (χ4n) is 0.249. The lowest BCUT2D eigenvalue weighted by Crippen LogP contribution is -2.14. The van der Waals surface area contributed by atoms with E-state index in [9.17, 15) is 4.21 Å². The molecule has 3 nitrogen and oxygen atoms in total. The summed E-state index contributed by atoms with van der Waals surface area (Å²) in [5.74, 6) is 0. The van der Waals surface area contributed by atoms with Gasteiger partial charge in [-0.3, -0.25) is 0 Å². The topological polar surface area (TPSA) is 41.5 Å². The number of hydrogen-bond acceptors (Lipinski definition) is 2. The molecule has 0 aliphatic rings. The zero-order chi connectivity index (χ0) is 6.62. The van der Waals surface area contributed by atoms with E-state index in [0.29, 0.717) is 0 Å². The molecule has 0 aromatic heterocycles. The molecule has 0 spiro atoms. The smallest absolute Gasteiger partial charge is 0.129 e. The second kappa shape index (κ2) is 2.84. The molecule has 0 aliphatic carbocycles. The van der Waals surface area contributed by atoms with E-state index in [1.165, 1.54) is 12.5 Å². The minimum Gasteiger partial charge on any atom is -0.231 e. The van der Waals surface area contributed by atoms with Crippen LogP contribution in [0.15, 0.2) is 16.3 Å².